The van der Waals surface area contributed by atoms with E-state index in [9.17, 15) is 9.90 Å². The molecule has 124 valence electrons. The van der Waals surface area contributed by atoms with Gasteiger partial charge in [0.1, 0.15) is 0 Å². The van der Waals surface area contributed by atoms with E-state index in [4.69, 9.17) is 9.47 Å². The fraction of sp³-hybridized carbons (Fsp3) is 0.222. The normalized spacial score (nSPS) is 12.2. The van der Waals surface area contributed by atoms with Crippen LogP contribution < -0.4 is 10.3 Å². The summed E-state index contributed by atoms with van der Waals surface area (Å²) in [5.41, 5.74) is 1.24. The molecule has 6 nitrogen and oxygen atoms in total. The fourth-order valence-corrected chi connectivity index (χ4v) is 2.39. The van der Waals surface area contributed by atoms with Crippen molar-refractivity contribution in [1.29, 1.82) is 0 Å². The van der Waals surface area contributed by atoms with E-state index >= 15 is 0 Å². The zero-order valence-electron chi connectivity index (χ0n) is 13.5. The predicted molar refractivity (Wildman–Crippen MR) is 90.3 cm³/mol. The third kappa shape index (κ3) is 3.23. The molecule has 6 heteroatoms. The number of fused-ring (bicyclic) bond motifs is 1. The van der Waals surface area contributed by atoms with E-state index in [-0.39, 0.29) is 17.1 Å². The summed E-state index contributed by atoms with van der Waals surface area (Å²) in [7, 11) is 1.50. The van der Waals surface area contributed by atoms with Gasteiger partial charge in [-0.05, 0) is 18.6 Å². The van der Waals surface area contributed by atoms with Crippen LogP contribution in [0.15, 0.2) is 53.6 Å². The number of phenols is 1. The van der Waals surface area contributed by atoms with Crippen LogP contribution in [0.4, 0.5) is 0 Å². The lowest BCUT2D eigenvalue weighted by Gasteiger charge is -2.14. The second-order valence-electron chi connectivity index (χ2n) is 5.42. The Hall–Kier alpha value is -2.86. The monoisotopic (exact) mass is 326 g/mol. The van der Waals surface area contributed by atoms with Crippen molar-refractivity contribution in [1.82, 2.24) is 9.55 Å². The molecule has 0 amide bonds. The summed E-state index contributed by atoms with van der Waals surface area (Å²) in [6.45, 7) is 2.12. The number of methoxy groups -OCH3 is 1. The number of phenolic OH excluding ortho intramolecular Hbond substituents is 1. The molecule has 0 fully saturated rings. The van der Waals surface area contributed by atoms with Crippen molar-refractivity contribution in [2.75, 3.05) is 7.11 Å². The molecule has 1 atom stereocenters. The minimum absolute atomic E-state index is 0.122. The summed E-state index contributed by atoms with van der Waals surface area (Å²) < 4.78 is 12.0. The van der Waals surface area contributed by atoms with E-state index in [2.05, 4.69) is 4.98 Å². The van der Waals surface area contributed by atoms with Crippen molar-refractivity contribution in [3.05, 3.63) is 64.7 Å². The summed E-state index contributed by atoms with van der Waals surface area (Å²) >= 11 is 0. The highest BCUT2D eigenvalue weighted by Gasteiger charge is 2.12. The Bertz CT molecular complexity index is 906. The average Bonchev–Trinajstić information content (AvgIpc) is 2.60. The van der Waals surface area contributed by atoms with Gasteiger partial charge in [-0.25, -0.2) is 4.98 Å². The molecule has 0 spiro atoms. The van der Waals surface area contributed by atoms with Gasteiger partial charge in [-0.3, -0.25) is 9.36 Å². The largest absolute Gasteiger partial charge is 0.504 e. The second kappa shape index (κ2) is 6.72. The first-order chi connectivity index (χ1) is 11.6. The van der Waals surface area contributed by atoms with Crippen molar-refractivity contribution in [2.45, 2.75) is 19.8 Å². The summed E-state index contributed by atoms with van der Waals surface area (Å²) in [5.74, 6) is 0.104. The van der Waals surface area contributed by atoms with Crippen molar-refractivity contribution in [2.24, 2.45) is 0 Å². The molecule has 1 heterocycles. The van der Waals surface area contributed by atoms with Gasteiger partial charge in [0, 0.05) is 13.2 Å². The number of hydrogen-bond acceptors (Lipinski definition) is 5. The van der Waals surface area contributed by atoms with Gasteiger partial charge >= 0.3 is 0 Å². The maximum atomic E-state index is 12.6. The Morgan fingerprint density at radius 3 is 2.71 bits per heavy atom. The molecule has 0 bridgehead atoms. The molecule has 0 radical (unpaired) electrons. The third-order valence-electron chi connectivity index (χ3n) is 3.73. The van der Waals surface area contributed by atoms with E-state index < -0.39 is 6.29 Å². The molecule has 1 unspecified atom stereocenters. The predicted octanol–water partition coefficient (Wildman–Crippen LogP) is 2.52. The van der Waals surface area contributed by atoms with Gasteiger partial charge < -0.3 is 14.6 Å². The third-order valence-corrected chi connectivity index (χ3v) is 3.73. The van der Waals surface area contributed by atoms with Crippen LogP contribution >= 0.6 is 0 Å². The smallest absolute Gasteiger partial charge is 0.261 e. The molecular weight excluding hydrogens is 308 g/mol. The number of hydrogen-bond donors (Lipinski definition) is 1. The maximum absolute atomic E-state index is 12.6. The summed E-state index contributed by atoms with van der Waals surface area (Å²) in [6.07, 6.45) is 0.977. The van der Waals surface area contributed by atoms with Gasteiger partial charge in [-0.2, -0.15) is 0 Å². The van der Waals surface area contributed by atoms with E-state index in [1.165, 1.54) is 30.1 Å². The molecule has 3 aromatic rings. The second-order valence-corrected chi connectivity index (χ2v) is 5.42. The molecule has 0 saturated carbocycles. The van der Waals surface area contributed by atoms with Gasteiger partial charge in [0.15, 0.2) is 17.8 Å². The lowest BCUT2D eigenvalue weighted by Crippen LogP contribution is -2.21. The average molecular weight is 326 g/mol. The summed E-state index contributed by atoms with van der Waals surface area (Å²) in [5, 5.41) is 10.4. The molecule has 2 aromatic carbocycles. The quantitative estimate of drug-likeness (QED) is 0.729. The number of nitrogens with zero attached hydrogens (tertiary/aromatic N) is 2. The highest BCUT2D eigenvalue weighted by Crippen LogP contribution is 2.30. The first-order valence-electron chi connectivity index (χ1n) is 7.54. The molecule has 1 aromatic heterocycles. The minimum Gasteiger partial charge on any atom is -0.504 e. The number of aromatic hydroxyl groups is 1. The lowest BCUT2D eigenvalue weighted by molar-refractivity contribution is -0.0394. The first-order valence-corrected chi connectivity index (χ1v) is 7.54. The number of rotatable bonds is 5. The zero-order valence-corrected chi connectivity index (χ0v) is 13.5. The Kier molecular flexibility index (Phi) is 4.48. The first kappa shape index (κ1) is 16.0. The minimum atomic E-state index is -0.521. The summed E-state index contributed by atoms with van der Waals surface area (Å²) in [6, 6.07) is 12.6. The van der Waals surface area contributed by atoms with Crippen LogP contribution in [0.25, 0.3) is 10.9 Å². The van der Waals surface area contributed by atoms with Gasteiger partial charge in [0.05, 0.1) is 23.8 Å². The van der Waals surface area contributed by atoms with Crippen LogP contribution in [-0.2, 0) is 11.3 Å². The Morgan fingerprint density at radius 1 is 1.25 bits per heavy atom. The highest BCUT2D eigenvalue weighted by atomic mass is 16.7. The van der Waals surface area contributed by atoms with E-state index in [0.29, 0.717) is 17.4 Å². The van der Waals surface area contributed by atoms with Crippen molar-refractivity contribution in [3.8, 4) is 11.5 Å². The Balaban J connectivity index is 2.00. The molecule has 0 aliphatic heterocycles. The van der Waals surface area contributed by atoms with Crippen LogP contribution in [0, 0.1) is 0 Å². The van der Waals surface area contributed by atoms with E-state index in [0.717, 1.165) is 5.56 Å². The molecule has 24 heavy (non-hydrogen) atoms. The number of aromatic nitrogens is 2. The zero-order chi connectivity index (χ0) is 17.1. The number of benzene rings is 2. The van der Waals surface area contributed by atoms with Gasteiger partial charge in [-0.15, -0.1) is 0 Å². The molecular formula is C18H18N2O4. The highest BCUT2D eigenvalue weighted by molar-refractivity contribution is 5.81. The SMILES string of the molecule is COC(C)Oc1cc2ncn(Cc3ccccc3)c(=O)c2cc1O. The molecule has 1 N–H and O–H groups in total. The fourth-order valence-electron chi connectivity index (χ4n) is 2.39. The van der Waals surface area contributed by atoms with E-state index in [1.54, 1.807) is 6.92 Å². The van der Waals surface area contributed by atoms with Gasteiger partial charge in [0.25, 0.3) is 5.56 Å². The van der Waals surface area contributed by atoms with E-state index in [1.807, 2.05) is 30.3 Å². The molecule has 3 rings (SSSR count). The van der Waals surface area contributed by atoms with Gasteiger partial charge in [-0.1, -0.05) is 30.3 Å². The van der Waals surface area contributed by atoms with Crippen LogP contribution in [0.2, 0.25) is 0 Å². The standard InChI is InChI=1S/C18H18N2O4/c1-12(23-2)24-17-9-15-14(8-16(17)21)18(22)20(11-19-15)10-13-6-4-3-5-7-13/h3-9,11-12,21H,10H2,1-2H3. The molecule has 0 aliphatic rings. The van der Waals surface area contributed by atoms with Crippen molar-refractivity contribution < 1.29 is 14.6 Å². The molecule has 0 saturated heterocycles. The lowest BCUT2D eigenvalue weighted by atomic mass is 10.2. The topological polar surface area (TPSA) is 73.6 Å². The maximum Gasteiger partial charge on any atom is 0.261 e. The van der Waals surface area contributed by atoms with Crippen LogP contribution in [0.1, 0.15) is 12.5 Å². The number of ether oxygens (including phenoxy) is 2. The van der Waals surface area contributed by atoms with Crippen LogP contribution in [0.5, 0.6) is 11.5 Å². The Morgan fingerprint density at radius 2 is 2.00 bits per heavy atom. The Labute approximate surface area is 138 Å². The summed E-state index contributed by atoms with van der Waals surface area (Å²) in [4.78, 5) is 16.9. The van der Waals surface area contributed by atoms with Crippen LogP contribution in [0.3, 0.4) is 0 Å². The van der Waals surface area contributed by atoms with Crippen molar-refractivity contribution >= 4 is 10.9 Å². The molecule has 0 aliphatic carbocycles. The van der Waals surface area contributed by atoms with Crippen LogP contribution in [-0.4, -0.2) is 28.1 Å². The van der Waals surface area contributed by atoms with Gasteiger partial charge in [0.2, 0.25) is 0 Å². The van der Waals surface area contributed by atoms with Crippen molar-refractivity contribution in [3.63, 3.8) is 0 Å².